The summed E-state index contributed by atoms with van der Waals surface area (Å²) >= 11 is 0. The SMILES string of the molecule is CN(C)CCN(C)C(=O)c1cc(NN)nc2ccccc12. The highest BCUT2D eigenvalue weighted by molar-refractivity contribution is 6.06. The molecule has 0 saturated heterocycles. The van der Waals surface area contributed by atoms with Gasteiger partial charge >= 0.3 is 0 Å². The van der Waals surface area contributed by atoms with Gasteiger partial charge in [-0.05, 0) is 26.2 Å². The molecule has 2 aromatic rings. The summed E-state index contributed by atoms with van der Waals surface area (Å²) in [6.45, 7) is 1.47. The second kappa shape index (κ2) is 6.51. The molecule has 1 heterocycles. The summed E-state index contributed by atoms with van der Waals surface area (Å²) in [7, 11) is 5.77. The first kappa shape index (κ1) is 15.2. The predicted molar refractivity (Wildman–Crippen MR) is 85.1 cm³/mol. The van der Waals surface area contributed by atoms with Crippen molar-refractivity contribution in [1.82, 2.24) is 14.8 Å². The first-order chi connectivity index (χ1) is 10.0. The Labute approximate surface area is 124 Å². The quantitative estimate of drug-likeness (QED) is 0.637. The van der Waals surface area contributed by atoms with Crippen LogP contribution in [0.25, 0.3) is 10.9 Å². The Bertz CT molecular complexity index is 641. The van der Waals surface area contributed by atoms with E-state index in [1.54, 1.807) is 18.0 Å². The summed E-state index contributed by atoms with van der Waals surface area (Å²) in [6.07, 6.45) is 0. The zero-order chi connectivity index (χ0) is 15.4. The Morgan fingerprint density at radius 2 is 1.95 bits per heavy atom. The van der Waals surface area contributed by atoms with Gasteiger partial charge in [0, 0.05) is 25.5 Å². The van der Waals surface area contributed by atoms with E-state index in [9.17, 15) is 4.79 Å². The Kier molecular flexibility index (Phi) is 4.72. The number of nitrogens with zero attached hydrogens (tertiary/aromatic N) is 3. The molecule has 2 rings (SSSR count). The van der Waals surface area contributed by atoms with Gasteiger partial charge in [-0.3, -0.25) is 4.79 Å². The van der Waals surface area contributed by atoms with Crippen molar-refractivity contribution >= 4 is 22.6 Å². The molecule has 0 unspecified atom stereocenters. The van der Waals surface area contributed by atoms with Crippen molar-refractivity contribution in [3.63, 3.8) is 0 Å². The van der Waals surface area contributed by atoms with Crippen LogP contribution in [0.2, 0.25) is 0 Å². The third-order valence-electron chi connectivity index (χ3n) is 3.32. The summed E-state index contributed by atoms with van der Waals surface area (Å²) in [5.74, 6) is 5.89. The number of rotatable bonds is 5. The van der Waals surface area contributed by atoms with E-state index >= 15 is 0 Å². The van der Waals surface area contributed by atoms with Crippen LogP contribution in [0.4, 0.5) is 5.82 Å². The molecule has 0 saturated carbocycles. The Balaban J connectivity index is 2.37. The van der Waals surface area contributed by atoms with Gasteiger partial charge in [0.05, 0.1) is 11.1 Å². The number of nitrogens with two attached hydrogens (primary N) is 1. The second-order valence-corrected chi connectivity index (χ2v) is 5.25. The zero-order valence-corrected chi connectivity index (χ0v) is 12.6. The minimum absolute atomic E-state index is 0.0352. The van der Waals surface area contributed by atoms with E-state index in [1.807, 2.05) is 43.3 Å². The minimum Gasteiger partial charge on any atom is -0.340 e. The maximum atomic E-state index is 12.7. The van der Waals surface area contributed by atoms with Gasteiger partial charge in [0.25, 0.3) is 5.91 Å². The summed E-state index contributed by atoms with van der Waals surface area (Å²) < 4.78 is 0. The van der Waals surface area contributed by atoms with Gasteiger partial charge in [0.1, 0.15) is 5.82 Å². The average molecular weight is 287 g/mol. The highest BCUT2D eigenvalue weighted by Gasteiger charge is 2.16. The van der Waals surface area contributed by atoms with Crippen LogP contribution >= 0.6 is 0 Å². The first-order valence-corrected chi connectivity index (χ1v) is 6.79. The molecule has 112 valence electrons. The van der Waals surface area contributed by atoms with E-state index in [-0.39, 0.29) is 5.91 Å². The highest BCUT2D eigenvalue weighted by Crippen LogP contribution is 2.21. The Morgan fingerprint density at radius 3 is 2.62 bits per heavy atom. The number of carbonyl (C=O) groups is 1. The lowest BCUT2D eigenvalue weighted by Gasteiger charge is -2.20. The van der Waals surface area contributed by atoms with Crippen LogP contribution in [0.15, 0.2) is 30.3 Å². The molecule has 0 bridgehead atoms. The number of carbonyl (C=O) groups excluding carboxylic acids is 1. The van der Waals surface area contributed by atoms with E-state index in [2.05, 4.69) is 10.4 Å². The van der Waals surface area contributed by atoms with E-state index in [0.717, 1.165) is 17.4 Å². The summed E-state index contributed by atoms with van der Waals surface area (Å²) in [4.78, 5) is 20.8. The summed E-state index contributed by atoms with van der Waals surface area (Å²) in [6, 6.07) is 9.25. The van der Waals surface area contributed by atoms with E-state index in [0.29, 0.717) is 17.9 Å². The fraction of sp³-hybridized carbons (Fsp3) is 0.333. The predicted octanol–water partition coefficient (Wildman–Crippen LogP) is 1.15. The maximum absolute atomic E-state index is 12.7. The van der Waals surface area contributed by atoms with Crippen molar-refractivity contribution in [2.24, 2.45) is 5.84 Å². The first-order valence-electron chi connectivity index (χ1n) is 6.79. The molecular weight excluding hydrogens is 266 g/mol. The summed E-state index contributed by atoms with van der Waals surface area (Å²) in [5, 5.41) is 0.832. The van der Waals surface area contributed by atoms with Gasteiger partial charge in [-0.25, -0.2) is 10.8 Å². The van der Waals surface area contributed by atoms with Crippen molar-refractivity contribution in [2.45, 2.75) is 0 Å². The average Bonchev–Trinajstić information content (AvgIpc) is 2.50. The van der Waals surface area contributed by atoms with Crippen LogP contribution in [0.1, 0.15) is 10.4 Å². The topological polar surface area (TPSA) is 74.5 Å². The number of fused-ring (bicyclic) bond motifs is 1. The van der Waals surface area contributed by atoms with Gasteiger partial charge in [0.2, 0.25) is 0 Å². The third-order valence-corrected chi connectivity index (χ3v) is 3.32. The molecule has 1 aromatic carbocycles. The van der Waals surface area contributed by atoms with Crippen LogP contribution in [-0.2, 0) is 0 Å². The van der Waals surface area contributed by atoms with Gasteiger partial charge in [-0.1, -0.05) is 18.2 Å². The molecule has 1 amide bonds. The third kappa shape index (κ3) is 3.48. The van der Waals surface area contributed by atoms with Gasteiger partial charge in [-0.15, -0.1) is 0 Å². The van der Waals surface area contributed by atoms with Crippen LogP contribution in [0.3, 0.4) is 0 Å². The van der Waals surface area contributed by atoms with E-state index < -0.39 is 0 Å². The number of pyridine rings is 1. The van der Waals surface area contributed by atoms with Crippen LogP contribution in [0.5, 0.6) is 0 Å². The maximum Gasteiger partial charge on any atom is 0.254 e. The number of nitrogens with one attached hydrogen (secondary N) is 1. The summed E-state index contributed by atoms with van der Waals surface area (Å²) in [5.41, 5.74) is 3.87. The van der Waals surface area contributed by atoms with Crippen LogP contribution in [-0.4, -0.2) is 54.9 Å². The standard InChI is InChI=1S/C15H21N5O/c1-19(2)8-9-20(3)15(21)12-10-14(18-16)17-13-7-5-4-6-11(12)13/h4-7,10H,8-9,16H2,1-3H3,(H,17,18). The van der Waals surface area contributed by atoms with Gasteiger partial charge in [0.15, 0.2) is 0 Å². The van der Waals surface area contributed by atoms with Crippen molar-refractivity contribution in [3.05, 3.63) is 35.9 Å². The normalized spacial score (nSPS) is 10.9. The van der Waals surface area contributed by atoms with Crippen molar-refractivity contribution in [2.75, 3.05) is 39.7 Å². The number of hydrogen-bond donors (Lipinski definition) is 2. The van der Waals surface area contributed by atoms with Crippen molar-refractivity contribution in [3.8, 4) is 0 Å². The molecule has 21 heavy (non-hydrogen) atoms. The molecule has 0 aliphatic heterocycles. The molecule has 0 aliphatic rings. The smallest absolute Gasteiger partial charge is 0.254 e. The Hall–Kier alpha value is -2.18. The lowest BCUT2D eigenvalue weighted by molar-refractivity contribution is 0.0788. The fourth-order valence-electron chi connectivity index (χ4n) is 2.08. The Morgan fingerprint density at radius 1 is 1.24 bits per heavy atom. The number of amides is 1. The molecule has 6 heteroatoms. The molecule has 6 nitrogen and oxygen atoms in total. The number of aromatic nitrogens is 1. The van der Waals surface area contributed by atoms with Crippen LogP contribution in [0, 0.1) is 0 Å². The molecule has 0 atom stereocenters. The van der Waals surface area contributed by atoms with E-state index in [4.69, 9.17) is 5.84 Å². The van der Waals surface area contributed by atoms with E-state index in [1.165, 1.54) is 0 Å². The minimum atomic E-state index is -0.0352. The number of anilines is 1. The molecule has 0 aliphatic carbocycles. The molecule has 0 radical (unpaired) electrons. The lowest BCUT2D eigenvalue weighted by Crippen LogP contribution is -2.33. The monoisotopic (exact) mass is 287 g/mol. The molecule has 1 aromatic heterocycles. The van der Waals surface area contributed by atoms with Gasteiger partial charge < -0.3 is 15.2 Å². The number of hydrogen-bond acceptors (Lipinski definition) is 5. The number of benzene rings is 1. The number of nitrogen functional groups attached to an aromatic ring is 1. The molecular formula is C15H21N5O. The lowest BCUT2D eigenvalue weighted by atomic mass is 10.1. The molecule has 0 fully saturated rings. The van der Waals surface area contributed by atoms with Crippen molar-refractivity contribution in [1.29, 1.82) is 0 Å². The van der Waals surface area contributed by atoms with Gasteiger partial charge in [-0.2, -0.15) is 0 Å². The van der Waals surface area contributed by atoms with Crippen LogP contribution < -0.4 is 11.3 Å². The largest absolute Gasteiger partial charge is 0.340 e. The fourth-order valence-corrected chi connectivity index (χ4v) is 2.08. The molecule has 3 N–H and O–H groups in total. The van der Waals surface area contributed by atoms with Crippen molar-refractivity contribution < 1.29 is 4.79 Å². The highest BCUT2D eigenvalue weighted by atomic mass is 16.2. The number of para-hydroxylation sites is 1. The second-order valence-electron chi connectivity index (χ2n) is 5.25. The zero-order valence-electron chi connectivity index (χ0n) is 12.6. The number of hydrazine groups is 1. The molecule has 0 spiro atoms. The number of likely N-dealkylation sites (N-methyl/N-ethyl adjacent to an activating group) is 2.